The van der Waals surface area contributed by atoms with Crippen LogP contribution in [0.3, 0.4) is 0 Å². The molecule has 8 heteroatoms. The van der Waals surface area contributed by atoms with Crippen LogP contribution in [-0.4, -0.2) is 19.8 Å². The lowest BCUT2D eigenvalue weighted by atomic mass is 10.1. The zero-order valence-corrected chi connectivity index (χ0v) is 10.5. The van der Waals surface area contributed by atoms with Crippen molar-refractivity contribution in [2.24, 2.45) is 0 Å². The molecule has 98 valence electrons. The van der Waals surface area contributed by atoms with Crippen LogP contribution in [0.2, 0.25) is 0 Å². The van der Waals surface area contributed by atoms with Crippen LogP contribution < -0.4 is 0 Å². The molecular weight excluding hydrogens is 277 g/mol. The Kier molecular flexibility index (Phi) is 2.56. The van der Waals surface area contributed by atoms with Crippen LogP contribution in [-0.2, 0) is 6.18 Å². The molecule has 2 heterocycles. The van der Waals surface area contributed by atoms with Gasteiger partial charge in [-0.05, 0) is 19.1 Å². The van der Waals surface area contributed by atoms with Crippen LogP contribution in [0.4, 0.5) is 13.2 Å². The highest BCUT2D eigenvalue weighted by molar-refractivity contribution is 7.16. The second kappa shape index (κ2) is 4.02. The monoisotopic (exact) mass is 284 g/mol. The first kappa shape index (κ1) is 12.1. The molecule has 0 bridgehead atoms. The number of nitrogens with zero attached hydrogens (tertiary/aromatic N) is 4. The Morgan fingerprint density at radius 1 is 1.11 bits per heavy atom. The molecule has 0 radical (unpaired) electrons. The molecule has 0 unspecified atom stereocenters. The summed E-state index contributed by atoms with van der Waals surface area (Å²) in [6.07, 6.45) is -4.34. The highest BCUT2D eigenvalue weighted by Gasteiger charge is 2.30. The Bertz CT molecular complexity index is 727. The van der Waals surface area contributed by atoms with Gasteiger partial charge in [-0.3, -0.25) is 0 Å². The molecule has 0 fully saturated rings. The number of aryl methyl sites for hydroxylation is 1. The van der Waals surface area contributed by atoms with E-state index in [9.17, 15) is 13.2 Å². The maximum absolute atomic E-state index is 12.5. The fourth-order valence-corrected chi connectivity index (χ4v) is 2.38. The molecule has 3 aromatic rings. The Hall–Kier alpha value is -1.96. The molecule has 4 nitrogen and oxygen atoms in total. The summed E-state index contributed by atoms with van der Waals surface area (Å²) >= 11 is 1.37. The third-order valence-corrected chi connectivity index (χ3v) is 3.38. The standard InChI is InChI=1S/C11H7F3N4S/c1-6-17-18-9(15-16-10(18)19-6)7-2-4-8(5-3-7)11(12,13)14/h2-5H,1H3. The molecule has 0 atom stereocenters. The molecule has 1 aromatic carbocycles. The van der Waals surface area contributed by atoms with Crippen molar-refractivity contribution in [3.8, 4) is 11.4 Å². The van der Waals surface area contributed by atoms with E-state index in [1.54, 1.807) is 0 Å². The van der Waals surface area contributed by atoms with Crippen LogP contribution in [0.25, 0.3) is 16.3 Å². The van der Waals surface area contributed by atoms with Crippen LogP contribution >= 0.6 is 11.3 Å². The van der Waals surface area contributed by atoms with Crippen molar-refractivity contribution in [1.82, 2.24) is 19.8 Å². The van der Waals surface area contributed by atoms with E-state index in [2.05, 4.69) is 15.3 Å². The average Bonchev–Trinajstić information content (AvgIpc) is 2.86. The van der Waals surface area contributed by atoms with E-state index in [0.29, 0.717) is 16.3 Å². The van der Waals surface area contributed by atoms with Crippen LogP contribution in [0, 0.1) is 6.92 Å². The average molecular weight is 284 g/mol. The summed E-state index contributed by atoms with van der Waals surface area (Å²) in [6, 6.07) is 4.78. The summed E-state index contributed by atoms with van der Waals surface area (Å²) < 4.78 is 39.0. The number of halogens is 3. The number of fused-ring (bicyclic) bond motifs is 1. The third-order valence-electron chi connectivity index (χ3n) is 2.56. The number of alkyl halides is 3. The zero-order valence-electron chi connectivity index (χ0n) is 9.64. The summed E-state index contributed by atoms with van der Waals surface area (Å²) in [4.78, 5) is 0.618. The van der Waals surface area contributed by atoms with Gasteiger partial charge in [0.25, 0.3) is 0 Å². The normalized spacial score (nSPS) is 12.2. The van der Waals surface area contributed by atoms with Gasteiger partial charge in [-0.2, -0.15) is 22.8 Å². The predicted molar refractivity (Wildman–Crippen MR) is 63.8 cm³/mol. The first-order valence-electron chi connectivity index (χ1n) is 5.31. The van der Waals surface area contributed by atoms with E-state index in [4.69, 9.17) is 0 Å². The molecule has 0 N–H and O–H groups in total. The number of hydrogen-bond acceptors (Lipinski definition) is 4. The van der Waals surface area contributed by atoms with Crippen LogP contribution in [0.15, 0.2) is 24.3 Å². The third kappa shape index (κ3) is 2.07. The molecular formula is C11H7F3N4S. The van der Waals surface area contributed by atoms with Gasteiger partial charge in [0.05, 0.1) is 5.56 Å². The van der Waals surface area contributed by atoms with Gasteiger partial charge >= 0.3 is 6.18 Å². The van der Waals surface area contributed by atoms with Crippen molar-refractivity contribution >= 4 is 16.3 Å². The molecule has 0 saturated carbocycles. The second-order valence-corrected chi connectivity index (χ2v) is 5.07. The maximum atomic E-state index is 12.5. The zero-order chi connectivity index (χ0) is 13.6. The first-order chi connectivity index (χ1) is 8.95. The highest BCUT2D eigenvalue weighted by Crippen LogP contribution is 2.30. The van der Waals surface area contributed by atoms with Gasteiger partial charge < -0.3 is 0 Å². The number of aromatic nitrogens is 4. The molecule has 0 aliphatic rings. The summed E-state index contributed by atoms with van der Waals surface area (Å²) in [5.41, 5.74) is -0.141. The molecule has 0 aliphatic carbocycles. The molecule has 0 aliphatic heterocycles. The summed E-state index contributed by atoms with van der Waals surface area (Å²) in [5.74, 6) is 0.438. The molecule has 3 rings (SSSR count). The lowest BCUT2D eigenvalue weighted by Gasteiger charge is -2.06. The Morgan fingerprint density at radius 3 is 2.42 bits per heavy atom. The van der Waals surface area contributed by atoms with Gasteiger partial charge in [0.2, 0.25) is 4.96 Å². The minimum atomic E-state index is -4.34. The van der Waals surface area contributed by atoms with E-state index >= 15 is 0 Å². The predicted octanol–water partition coefficient (Wildman–Crippen LogP) is 3.18. The fourth-order valence-electron chi connectivity index (χ4n) is 1.70. The SMILES string of the molecule is Cc1nn2c(-c3ccc(C(F)(F)F)cc3)nnc2s1. The fraction of sp³-hybridized carbons (Fsp3) is 0.182. The van der Waals surface area contributed by atoms with E-state index in [1.165, 1.54) is 28.0 Å². The molecule has 0 saturated heterocycles. The Morgan fingerprint density at radius 2 is 1.79 bits per heavy atom. The van der Waals surface area contributed by atoms with Gasteiger partial charge in [0.15, 0.2) is 5.82 Å². The molecule has 2 aromatic heterocycles. The van der Waals surface area contributed by atoms with E-state index in [1.807, 2.05) is 6.92 Å². The highest BCUT2D eigenvalue weighted by atomic mass is 32.1. The van der Waals surface area contributed by atoms with E-state index in [-0.39, 0.29) is 0 Å². The van der Waals surface area contributed by atoms with Crippen molar-refractivity contribution in [3.05, 3.63) is 34.8 Å². The smallest absolute Gasteiger partial charge is 0.183 e. The Labute approximate surface area is 109 Å². The van der Waals surface area contributed by atoms with Crippen LogP contribution in [0.5, 0.6) is 0 Å². The Balaban J connectivity index is 2.07. The van der Waals surface area contributed by atoms with Crippen molar-refractivity contribution in [2.75, 3.05) is 0 Å². The van der Waals surface area contributed by atoms with Gasteiger partial charge in [-0.1, -0.05) is 23.5 Å². The lowest BCUT2D eigenvalue weighted by Crippen LogP contribution is -2.04. The minimum Gasteiger partial charge on any atom is -0.183 e. The van der Waals surface area contributed by atoms with Crippen molar-refractivity contribution in [3.63, 3.8) is 0 Å². The van der Waals surface area contributed by atoms with E-state index in [0.717, 1.165) is 17.1 Å². The summed E-state index contributed by atoms with van der Waals surface area (Å²) in [6.45, 7) is 1.83. The number of benzene rings is 1. The topological polar surface area (TPSA) is 43.1 Å². The largest absolute Gasteiger partial charge is 0.416 e. The van der Waals surface area contributed by atoms with Gasteiger partial charge in [0, 0.05) is 5.56 Å². The van der Waals surface area contributed by atoms with Crippen molar-refractivity contribution in [2.45, 2.75) is 13.1 Å². The number of rotatable bonds is 1. The molecule has 0 amide bonds. The second-order valence-electron chi connectivity index (χ2n) is 3.91. The quantitative estimate of drug-likeness (QED) is 0.689. The minimum absolute atomic E-state index is 0.438. The van der Waals surface area contributed by atoms with Crippen molar-refractivity contribution < 1.29 is 13.2 Å². The van der Waals surface area contributed by atoms with E-state index < -0.39 is 11.7 Å². The van der Waals surface area contributed by atoms with Gasteiger partial charge in [-0.25, -0.2) is 0 Å². The maximum Gasteiger partial charge on any atom is 0.416 e. The summed E-state index contributed by atoms with van der Waals surface area (Å²) in [5, 5.41) is 12.9. The number of hydrogen-bond donors (Lipinski definition) is 0. The van der Waals surface area contributed by atoms with Crippen LogP contribution in [0.1, 0.15) is 10.6 Å². The van der Waals surface area contributed by atoms with Crippen molar-refractivity contribution in [1.29, 1.82) is 0 Å². The first-order valence-corrected chi connectivity index (χ1v) is 6.13. The molecule has 0 spiro atoms. The summed E-state index contributed by atoms with van der Waals surface area (Å²) in [7, 11) is 0. The van der Waals surface area contributed by atoms with Gasteiger partial charge in [-0.15, -0.1) is 10.2 Å². The molecule has 19 heavy (non-hydrogen) atoms. The van der Waals surface area contributed by atoms with Gasteiger partial charge in [0.1, 0.15) is 5.01 Å². The lowest BCUT2D eigenvalue weighted by molar-refractivity contribution is -0.137.